The number of carbonyl (C=O) groups excluding carboxylic acids is 6. The SMILES string of the molecule is COC(=O)C1CC(=O)N(CCNC(=O)C2CC(=O)N(CCNC(=O)C3CC(=O)N(CCC4CCCCCC4)C3)C2)C1. The van der Waals surface area contributed by atoms with Crippen molar-refractivity contribution in [2.24, 2.45) is 23.7 Å². The van der Waals surface area contributed by atoms with Crippen LogP contribution < -0.4 is 10.6 Å². The Hall–Kier alpha value is -3.18. The van der Waals surface area contributed by atoms with Crippen LogP contribution in [0.15, 0.2) is 0 Å². The Bertz CT molecular complexity index is 996. The summed E-state index contributed by atoms with van der Waals surface area (Å²) in [7, 11) is 1.29. The Kier molecular flexibility index (Phi) is 11.0. The smallest absolute Gasteiger partial charge is 0.310 e. The van der Waals surface area contributed by atoms with E-state index in [4.69, 9.17) is 4.74 Å². The lowest BCUT2D eigenvalue weighted by atomic mass is 9.96. The molecule has 0 bridgehead atoms. The van der Waals surface area contributed by atoms with Crippen molar-refractivity contribution in [3.8, 4) is 0 Å². The van der Waals surface area contributed by atoms with Crippen molar-refractivity contribution in [3.05, 3.63) is 0 Å². The summed E-state index contributed by atoms with van der Waals surface area (Å²) in [5.74, 6) is -1.74. The number of hydrogen-bond donors (Lipinski definition) is 2. The van der Waals surface area contributed by atoms with Gasteiger partial charge in [0, 0.05) is 71.6 Å². The van der Waals surface area contributed by atoms with E-state index in [1.807, 2.05) is 4.90 Å². The van der Waals surface area contributed by atoms with Crippen molar-refractivity contribution >= 4 is 35.5 Å². The molecule has 12 heteroatoms. The van der Waals surface area contributed by atoms with Gasteiger partial charge in [0.25, 0.3) is 0 Å². The van der Waals surface area contributed by atoms with Gasteiger partial charge in [-0.3, -0.25) is 28.8 Å². The number of methoxy groups -OCH3 is 1. The van der Waals surface area contributed by atoms with Gasteiger partial charge in [-0.1, -0.05) is 38.5 Å². The summed E-state index contributed by atoms with van der Waals surface area (Å²) in [6.07, 6.45) is 9.09. The van der Waals surface area contributed by atoms with Gasteiger partial charge in [0.2, 0.25) is 29.5 Å². The first-order valence-electron chi connectivity index (χ1n) is 15.2. The van der Waals surface area contributed by atoms with E-state index in [1.165, 1.54) is 50.5 Å². The highest BCUT2D eigenvalue weighted by Gasteiger charge is 2.37. The lowest BCUT2D eigenvalue weighted by Crippen LogP contribution is -2.40. The molecule has 12 nitrogen and oxygen atoms in total. The minimum absolute atomic E-state index is 0.0414. The summed E-state index contributed by atoms with van der Waals surface area (Å²) in [6, 6.07) is 0. The molecule has 0 spiro atoms. The first kappa shape index (κ1) is 30.8. The lowest BCUT2D eigenvalue weighted by molar-refractivity contribution is -0.145. The molecule has 4 fully saturated rings. The van der Waals surface area contributed by atoms with Gasteiger partial charge in [-0.25, -0.2) is 0 Å². The fraction of sp³-hybridized carbons (Fsp3) is 0.793. The summed E-state index contributed by atoms with van der Waals surface area (Å²) in [5.41, 5.74) is 0. The number of ether oxygens (including phenoxy) is 1. The molecular weight excluding hydrogens is 530 g/mol. The Morgan fingerprint density at radius 3 is 1.61 bits per heavy atom. The van der Waals surface area contributed by atoms with Crippen LogP contribution in [0.2, 0.25) is 0 Å². The van der Waals surface area contributed by atoms with Crippen molar-refractivity contribution in [2.75, 3.05) is 59.5 Å². The van der Waals surface area contributed by atoms with Crippen LogP contribution in [-0.2, 0) is 33.5 Å². The maximum absolute atomic E-state index is 12.7. The zero-order chi connectivity index (χ0) is 29.4. The maximum Gasteiger partial charge on any atom is 0.310 e. The van der Waals surface area contributed by atoms with Crippen LogP contribution in [0.1, 0.15) is 64.2 Å². The predicted octanol–water partition coefficient (Wildman–Crippen LogP) is 0.298. The topological polar surface area (TPSA) is 145 Å². The molecule has 4 aliphatic rings. The highest BCUT2D eigenvalue weighted by atomic mass is 16.5. The molecule has 0 aromatic carbocycles. The van der Waals surface area contributed by atoms with Crippen LogP contribution in [0.3, 0.4) is 0 Å². The van der Waals surface area contributed by atoms with Crippen molar-refractivity contribution in [3.63, 3.8) is 0 Å². The van der Waals surface area contributed by atoms with E-state index >= 15 is 0 Å². The molecule has 3 atom stereocenters. The van der Waals surface area contributed by atoms with Crippen LogP contribution in [0, 0.1) is 23.7 Å². The monoisotopic (exact) mass is 575 g/mol. The van der Waals surface area contributed by atoms with E-state index in [0.717, 1.165) is 13.0 Å². The molecule has 3 saturated heterocycles. The van der Waals surface area contributed by atoms with Crippen LogP contribution in [0.5, 0.6) is 0 Å². The summed E-state index contributed by atoms with van der Waals surface area (Å²) in [4.78, 5) is 79.0. The van der Waals surface area contributed by atoms with Crippen LogP contribution in [0.25, 0.3) is 0 Å². The van der Waals surface area contributed by atoms with Gasteiger partial charge in [-0.2, -0.15) is 0 Å². The van der Waals surface area contributed by atoms with Gasteiger partial charge in [0.1, 0.15) is 0 Å². The summed E-state index contributed by atoms with van der Waals surface area (Å²) in [6.45, 7) is 2.81. The summed E-state index contributed by atoms with van der Waals surface area (Å²) < 4.78 is 4.70. The molecule has 0 radical (unpaired) electrons. The summed E-state index contributed by atoms with van der Waals surface area (Å²) >= 11 is 0. The Labute approximate surface area is 241 Å². The zero-order valence-electron chi connectivity index (χ0n) is 24.2. The normalized spacial score (nSPS) is 25.5. The van der Waals surface area contributed by atoms with Gasteiger partial charge in [0.05, 0.1) is 24.9 Å². The van der Waals surface area contributed by atoms with Crippen LogP contribution in [0.4, 0.5) is 0 Å². The fourth-order valence-corrected chi connectivity index (χ4v) is 6.55. The quantitative estimate of drug-likeness (QED) is 0.251. The largest absolute Gasteiger partial charge is 0.469 e. The third-order valence-corrected chi connectivity index (χ3v) is 9.06. The molecule has 3 aliphatic heterocycles. The highest BCUT2D eigenvalue weighted by molar-refractivity contribution is 5.90. The number of hydrogen-bond acceptors (Lipinski definition) is 7. The molecule has 1 aliphatic carbocycles. The zero-order valence-corrected chi connectivity index (χ0v) is 24.2. The Morgan fingerprint density at radius 1 is 0.683 bits per heavy atom. The van der Waals surface area contributed by atoms with E-state index < -0.39 is 17.8 Å². The second-order valence-corrected chi connectivity index (χ2v) is 12.0. The lowest BCUT2D eigenvalue weighted by Gasteiger charge is -2.21. The number of nitrogens with one attached hydrogen (secondary N) is 2. The van der Waals surface area contributed by atoms with Crippen LogP contribution in [-0.4, -0.2) is 110 Å². The van der Waals surface area contributed by atoms with Crippen LogP contribution >= 0.6 is 0 Å². The standard InChI is InChI=1S/C29H45N5O7/c1-41-29(40)23-16-26(37)34(19-23)13-10-31-28(39)22-15-25(36)33(18-22)12-9-30-27(38)21-14-24(35)32(17-21)11-8-20-6-4-2-3-5-7-20/h20-23H,2-19H2,1H3,(H,30,38)(H,31,39). The van der Waals surface area contributed by atoms with Crippen molar-refractivity contribution in [1.29, 1.82) is 0 Å². The molecule has 1 saturated carbocycles. The summed E-state index contributed by atoms with van der Waals surface area (Å²) in [5, 5.41) is 5.66. The fourth-order valence-electron chi connectivity index (χ4n) is 6.55. The van der Waals surface area contributed by atoms with Gasteiger partial charge in [-0.15, -0.1) is 0 Å². The molecule has 4 rings (SSSR count). The second-order valence-electron chi connectivity index (χ2n) is 12.0. The van der Waals surface area contributed by atoms with Gasteiger partial charge < -0.3 is 30.1 Å². The third-order valence-electron chi connectivity index (χ3n) is 9.06. The van der Waals surface area contributed by atoms with Crippen molar-refractivity contribution in [1.82, 2.24) is 25.3 Å². The van der Waals surface area contributed by atoms with E-state index in [2.05, 4.69) is 10.6 Å². The minimum Gasteiger partial charge on any atom is -0.469 e. The van der Waals surface area contributed by atoms with Gasteiger partial charge in [0.15, 0.2) is 0 Å². The highest BCUT2D eigenvalue weighted by Crippen LogP contribution is 2.27. The average molecular weight is 576 g/mol. The molecule has 5 amide bonds. The number of esters is 1. The molecule has 2 N–H and O–H groups in total. The Morgan fingerprint density at radius 2 is 1.12 bits per heavy atom. The molecule has 41 heavy (non-hydrogen) atoms. The molecule has 0 aromatic rings. The number of rotatable bonds is 12. The van der Waals surface area contributed by atoms with Gasteiger partial charge >= 0.3 is 5.97 Å². The molecule has 228 valence electrons. The molecule has 3 heterocycles. The van der Waals surface area contributed by atoms with E-state index in [0.29, 0.717) is 19.0 Å². The maximum atomic E-state index is 12.7. The predicted molar refractivity (Wildman–Crippen MR) is 148 cm³/mol. The number of amides is 5. The van der Waals surface area contributed by atoms with E-state index in [1.54, 1.807) is 4.90 Å². The van der Waals surface area contributed by atoms with E-state index in [9.17, 15) is 28.8 Å². The number of carbonyl (C=O) groups is 6. The van der Waals surface area contributed by atoms with Crippen molar-refractivity contribution < 1.29 is 33.5 Å². The minimum atomic E-state index is -0.496. The molecule has 0 aromatic heterocycles. The molecule has 3 unspecified atom stereocenters. The third kappa shape index (κ3) is 8.42. The first-order chi connectivity index (χ1) is 19.7. The first-order valence-corrected chi connectivity index (χ1v) is 15.2. The van der Waals surface area contributed by atoms with E-state index in [-0.39, 0.29) is 87.4 Å². The number of nitrogens with zero attached hydrogens (tertiary/aromatic N) is 3. The second kappa shape index (κ2) is 14.6. The number of likely N-dealkylation sites (tertiary alicyclic amines) is 3. The average Bonchev–Trinajstić information content (AvgIpc) is 3.56. The van der Waals surface area contributed by atoms with Gasteiger partial charge in [-0.05, 0) is 12.3 Å². The molecular formula is C29H45N5O7. The Balaban J connectivity index is 1.11. The van der Waals surface area contributed by atoms with Crippen molar-refractivity contribution in [2.45, 2.75) is 64.2 Å².